The minimum absolute atomic E-state index is 0.0761. The summed E-state index contributed by atoms with van der Waals surface area (Å²) in [5.41, 5.74) is 8.96. The molecule has 1 aromatic heterocycles. The molecule has 25 heavy (non-hydrogen) atoms. The van der Waals surface area contributed by atoms with E-state index in [0.29, 0.717) is 35.5 Å². The number of benzene rings is 2. The van der Waals surface area contributed by atoms with Gasteiger partial charge in [0.15, 0.2) is 5.78 Å². The summed E-state index contributed by atoms with van der Waals surface area (Å²) in [6.45, 7) is 2.96. The van der Waals surface area contributed by atoms with Crippen LogP contribution in [0.4, 0.5) is 11.5 Å². The van der Waals surface area contributed by atoms with Crippen LogP contribution in [0.25, 0.3) is 11.0 Å². The fraction of sp³-hybridized carbons (Fsp3) is 0.211. The number of carbonyl (C=O) groups is 1. The molecule has 2 heterocycles. The van der Waals surface area contributed by atoms with Gasteiger partial charge in [0.1, 0.15) is 5.82 Å². The van der Waals surface area contributed by atoms with Gasteiger partial charge in [-0.1, -0.05) is 12.1 Å². The topological polar surface area (TPSA) is 81.3 Å². The number of hydrogen-bond donors (Lipinski definition) is 1. The van der Waals surface area contributed by atoms with E-state index in [-0.39, 0.29) is 5.78 Å². The highest BCUT2D eigenvalue weighted by atomic mass is 16.5. The molecule has 0 unspecified atom stereocenters. The van der Waals surface area contributed by atoms with E-state index >= 15 is 0 Å². The molecule has 3 aromatic rings. The molecule has 6 nitrogen and oxygen atoms in total. The number of rotatable bonds is 3. The lowest BCUT2D eigenvalue weighted by Gasteiger charge is -2.27. The predicted molar refractivity (Wildman–Crippen MR) is 96.9 cm³/mol. The number of anilines is 2. The Labute approximate surface area is 145 Å². The molecule has 0 saturated carbocycles. The first-order valence-corrected chi connectivity index (χ1v) is 8.20. The number of hydrogen-bond acceptors (Lipinski definition) is 6. The maximum atomic E-state index is 12.7. The molecule has 126 valence electrons. The molecule has 1 aliphatic heterocycles. The quantitative estimate of drug-likeness (QED) is 0.584. The van der Waals surface area contributed by atoms with Gasteiger partial charge in [0.25, 0.3) is 0 Å². The number of nitrogens with two attached hydrogens (primary N) is 1. The van der Waals surface area contributed by atoms with Crippen molar-refractivity contribution in [1.82, 2.24) is 9.97 Å². The van der Waals surface area contributed by atoms with Crippen LogP contribution in [0.3, 0.4) is 0 Å². The molecule has 6 heteroatoms. The van der Waals surface area contributed by atoms with Crippen LogP contribution in [0, 0.1) is 0 Å². The largest absolute Gasteiger partial charge is 0.399 e. The lowest BCUT2D eigenvalue weighted by molar-refractivity contribution is 0.103. The van der Waals surface area contributed by atoms with Crippen molar-refractivity contribution in [3.05, 3.63) is 59.8 Å². The van der Waals surface area contributed by atoms with Crippen molar-refractivity contribution in [2.45, 2.75) is 0 Å². The monoisotopic (exact) mass is 334 g/mol. The Hall–Kier alpha value is -2.99. The van der Waals surface area contributed by atoms with Crippen LogP contribution in [-0.4, -0.2) is 42.1 Å². The molecule has 0 aliphatic carbocycles. The number of ketones is 1. The Morgan fingerprint density at radius 1 is 1.04 bits per heavy atom. The van der Waals surface area contributed by atoms with Gasteiger partial charge in [-0.15, -0.1) is 0 Å². The van der Waals surface area contributed by atoms with E-state index in [2.05, 4.69) is 14.9 Å². The molecule has 0 atom stereocenters. The maximum Gasteiger partial charge on any atom is 0.193 e. The third-order valence-corrected chi connectivity index (χ3v) is 4.28. The lowest BCUT2D eigenvalue weighted by Crippen LogP contribution is -2.36. The lowest BCUT2D eigenvalue weighted by atomic mass is 10.0. The first kappa shape index (κ1) is 15.5. The number of nitrogen functional groups attached to an aromatic ring is 1. The molecule has 0 radical (unpaired) electrons. The van der Waals surface area contributed by atoms with Crippen LogP contribution in [0.2, 0.25) is 0 Å². The second-order valence-corrected chi connectivity index (χ2v) is 5.99. The third kappa shape index (κ3) is 3.16. The van der Waals surface area contributed by atoms with E-state index in [0.717, 1.165) is 24.4 Å². The summed E-state index contributed by atoms with van der Waals surface area (Å²) < 4.78 is 5.37. The van der Waals surface area contributed by atoms with Gasteiger partial charge in [-0.05, 0) is 30.3 Å². The SMILES string of the molecule is Nc1cccc(C(=O)c2ccc3ncc(N4CCOCC4)nc3c2)c1. The third-order valence-electron chi connectivity index (χ3n) is 4.28. The van der Waals surface area contributed by atoms with Gasteiger partial charge < -0.3 is 15.4 Å². The zero-order valence-corrected chi connectivity index (χ0v) is 13.7. The number of aromatic nitrogens is 2. The number of carbonyl (C=O) groups excluding carboxylic acids is 1. The number of nitrogens with zero attached hydrogens (tertiary/aromatic N) is 3. The summed E-state index contributed by atoms with van der Waals surface area (Å²) in [5.74, 6) is 0.733. The minimum atomic E-state index is -0.0761. The molecule has 1 aliphatic rings. The van der Waals surface area contributed by atoms with Crippen molar-refractivity contribution in [2.24, 2.45) is 0 Å². The molecule has 0 spiro atoms. The highest BCUT2D eigenvalue weighted by Crippen LogP contribution is 2.20. The summed E-state index contributed by atoms with van der Waals surface area (Å²) in [4.78, 5) is 24.0. The molecular weight excluding hydrogens is 316 g/mol. The first-order valence-electron chi connectivity index (χ1n) is 8.20. The van der Waals surface area contributed by atoms with E-state index in [1.165, 1.54) is 0 Å². The van der Waals surface area contributed by atoms with E-state index in [1.807, 2.05) is 6.07 Å². The van der Waals surface area contributed by atoms with Crippen molar-refractivity contribution < 1.29 is 9.53 Å². The Morgan fingerprint density at radius 2 is 1.84 bits per heavy atom. The Bertz CT molecular complexity index is 936. The number of ether oxygens (including phenoxy) is 1. The highest BCUT2D eigenvalue weighted by Gasteiger charge is 2.15. The normalized spacial score (nSPS) is 14.6. The van der Waals surface area contributed by atoms with Gasteiger partial charge in [0.05, 0.1) is 30.4 Å². The van der Waals surface area contributed by atoms with E-state index in [1.54, 1.807) is 42.6 Å². The summed E-state index contributed by atoms with van der Waals surface area (Å²) in [6.07, 6.45) is 1.77. The van der Waals surface area contributed by atoms with Crippen molar-refractivity contribution in [1.29, 1.82) is 0 Å². The van der Waals surface area contributed by atoms with Crippen LogP contribution in [-0.2, 0) is 4.74 Å². The van der Waals surface area contributed by atoms with Crippen molar-refractivity contribution in [3.63, 3.8) is 0 Å². The van der Waals surface area contributed by atoms with Crippen molar-refractivity contribution >= 4 is 28.3 Å². The molecule has 1 fully saturated rings. The fourth-order valence-corrected chi connectivity index (χ4v) is 2.93. The van der Waals surface area contributed by atoms with Crippen LogP contribution in [0.5, 0.6) is 0 Å². The molecule has 0 bridgehead atoms. The van der Waals surface area contributed by atoms with Gasteiger partial charge in [-0.2, -0.15) is 0 Å². The first-order chi connectivity index (χ1) is 12.2. The summed E-state index contributed by atoms with van der Waals surface area (Å²) >= 11 is 0. The second kappa shape index (κ2) is 6.49. The van der Waals surface area contributed by atoms with Gasteiger partial charge in [-0.25, -0.2) is 4.98 Å². The number of fused-ring (bicyclic) bond motifs is 1. The van der Waals surface area contributed by atoms with Crippen molar-refractivity contribution in [3.8, 4) is 0 Å². The van der Waals surface area contributed by atoms with Crippen molar-refractivity contribution in [2.75, 3.05) is 36.9 Å². The average Bonchev–Trinajstić information content (AvgIpc) is 2.67. The van der Waals surface area contributed by atoms with Crippen LogP contribution in [0.15, 0.2) is 48.7 Å². The molecule has 2 N–H and O–H groups in total. The van der Waals surface area contributed by atoms with Gasteiger partial charge in [0, 0.05) is 29.9 Å². The standard InChI is InChI=1S/C19H18N4O2/c20-15-3-1-2-13(10-15)19(24)14-4-5-16-17(11-14)22-18(12-21-16)23-6-8-25-9-7-23/h1-5,10-12H,6-9,20H2. The molecular formula is C19H18N4O2. The summed E-state index contributed by atoms with van der Waals surface area (Å²) in [6, 6.07) is 12.4. The molecule has 0 amide bonds. The Kier molecular flexibility index (Phi) is 4.03. The average molecular weight is 334 g/mol. The Morgan fingerprint density at radius 3 is 2.64 bits per heavy atom. The summed E-state index contributed by atoms with van der Waals surface area (Å²) in [7, 11) is 0. The predicted octanol–water partition coefficient (Wildman–Crippen LogP) is 2.28. The molecule has 1 saturated heterocycles. The van der Waals surface area contributed by atoms with E-state index in [4.69, 9.17) is 10.5 Å². The van der Waals surface area contributed by atoms with Crippen LogP contribution < -0.4 is 10.6 Å². The zero-order chi connectivity index (χ0) is 17.2. The van der Waals surface area contributed by atoms with Crippen LogP contribution >= 0.6 is 0 Å². The molecule has 2 aromatic carbocycles. The van der Waals surface area contributed by atoms with E-state index in [9.17, 15) is 4.79 Å². The van der Waals surface area contributed by atoms with Gasteiger partial charge >= 0.3 is 0 Å². The van der Waals surface area contributed by atoms with E-state index < -0.39 is 0 Å². The fourth-order valence-electron chi connectivity index (χ4n) is 2.93. The maximum absolute atomic E-state index is 12.7. The Balaban J connectivity index is 1.69. The second-order valence-electron chi connectivity index (χ2n) is 5.99. The zero-order valence-electron chi connectivity index (χ0n) is 13.7. The number of morpholine rings is 1. The highest BCUT2D eigenvalue weighted by molar-refractivity contribution is 6.10. The summed E-state index contributed by atoms with van der Waals surface area (Å²) in [5, 5.41) is 0. The minimum Gasteiger partial charge on any atom is -0.399 e. The smallest absolute Gasteiger partial charge is 0.193 e. The van der Waals surface area contributed by atoms with Gasteiger partial charge in [0.2, 0.25) is 0 Å². The molecule has 4 rings (SSSR count). The van der Waals surface area contributed by atoms with Gasteiger partial charge in [-0.3, -0.25) is 9.78 Å². The van der Waals surface area contributed by atoms with Crippen LogP contribution in [0.1, 0.15) is 15.9 Å².